The average molecular weight is 277 g/mol. The van der Waals surface area contributed by atoms with Crippen molar-refractivity contribution in [2.45, 2.75) is 32.1 Å². The number of benzene rings is 1. The zero-order chi connectivity index (χ0) is 14.4. The Bertz CT molecular complexity index is 535. The van der Waals surface area contributed by atoms with Crippen LogP contribution < -0.4 is 10.7 Å². The Morgan fingerprint density at radius 3 is 2.45 bits per heavy atom. The third-order valence-corrected chi connectivity index (χ3v) is 3.07. The maximum Gasteiger partial charge on any atom is 0.329 e. The topological polar surface area (TPSA) is 70.6 Å². The van der Waals surface area contributed by atoms with Crippen molar-refractivity contribution in [1.82, 2.24) is 5.43 Å². The minimum atomic E-state index is -0.935. The van der Waals surface area contributed by atoms with Crippen molar-refractivity contribution in [3.63, 3.8) is 0 Å². The summed E-state index contributed by atoms with van der Waals surface area (Å²) in [5.41, 5.74) is 3.07. The molecule has 0 aromatic heterocycles. The van der Waals surface area contributed by atoms with E-state index in [0.29, 0.717) is 0 Å². The van der Waals surface area contributed by atoms with Crippen LogP contribution in [-0.4, -0.2) is 17.5 Å². The molecular formula is C14H16FN3O2. The van der Waals surface area contributed by atoms with E-state index in [-0.39, 0.29) is 5.69 Å². The van der Waals surface area contributed by atoms with Crippen molar-refractivity contribution >= 4 is 23.2 Å². The van der Waals surface area contributed by atoms with Crippen LogP contribution in [0.15, 0.2) is 29.4 Å². The molecule has 2 rings (SSSR count). The number of hydrazone groups is 1. The number of nitrogens with one attached hydrogen (secondary N) is 2. The van der Waals surface area contributed by atoms with Gasteiger partial charge in [0.2, 0.25) is 0 Å². The highest BCUT2D eigenvalue weighted by Crippen LogP contribution is 2.14. The summed E-state index contributed by atoms with van der Waals surface area (Å²) in [6, 6.07) is 5.66. The van der Waals surface area contributed by atoms with E-state index in [4.69, 9.17) is 0 Å². The summed E-state index contributed by atoms with van der Waals surface area (Å²) in [4.78, 5) is 23.1. The maximum absolute atomic E-state index is 13.3. The van der Waals surface area contributed by atoms with Crippen LogP contribution in [0.1, 0.15) is 32.1 Å². The molecule has 5 nitrogen and oxygen atoms in total. The third kappa shape index (κ3) is 3.88. The lowest BCUT2D eigenvalue weighted by Gasteiger charge is -2.12. The minimum absolute atomic E-state index is 0.0297. The molecule has 0 unspecified atom stereocenters. The highest BCUT2D eigenvalue weighted by molar-refractivity contribution is 6.39. The number of para-hydroxylation sites is 1. The van der Waals surface area contributed by atoms with Crippen LogP contribution in [0.5, 0.6) is 0 Å². The first kappa shape index (κ1) is 14.2. The molecule has 106 valence electrons. The molecule has 2 N–H and O–H groups in total. The van der Waals surface area contributed by atoms with Gasteiger partial charge in [-0.25, -0.2) is 9.82 Å². The minimum Gasteiger partial charge on any atom is -0.315 e. The second-order valence-corrected chi connectivity index (χ2v) is 4.61. The number of nitrogens with zero attached hydrogens (tertiary/aromatic N) is 1. The van der Waals surface area contributed by atoms with Crippen LogP contribution >= 0.6 is 0 Å². The first-order valence-corrected chi connectivity index (χ1v) is 6.58. The van der Waals surface area contributed by atoms with Gasteiger partial charge in [0, 0.05) is 5.71 Å². The molecule has 1 aliphatic carbocycles. The molecule has 0 aliphatic heterocycles. The zero-order valence-electron chi connectivity index (χ0n) is 11.0. The molecule has 1 aromatic carbocycles. The quantitative estimate of drug-likeness (QED) is 0.642. The van der Waals surface area contributed by atoms with Gasteiger partial charge in [-0.1, -0.05) is 18.6 Å². The molecule has 1 saturated carbocycles. The van der Waals surface area contributed by atoms with Gasteiger partial charge in [-0.3, -0.25) is 9.59 Å². The van der Waals surface area contributed by atoms with Crippen LogP contribution in [0.3, 0.4) is 0 Å². The fourth-order valence-corrected chi connectivity index (χ4v) is 1.99. The number of carbonyl (C=O) groups excluding carboxylic acids is 2. The van der Waals surface area contributed by atoms with Crippen LogP contribution in [0, 0.1) is 5.82 Å². The Kier molecular flexibility index (Phi) is 4.81. The normalized spacial score (nSPS) is 14.6. The van der Waals surface area contributed by atoms with E-state index >= 15 is 0 Å². The number of hydrogen-bond donors (Lipinski definition) is 2. The van der Waals surface area contributed by atoms with Crippen molar-refractivity contribution in [2.75, 3.05) is 5.32 Å². The summed E-state index contributed by atoms with van der Waals surface area (Å²) < 4.78 is 13.3. The highest BCUT2D eigenvalue weighted by Gasteiger charge is 2.15. The Morgan fingerprint density at radius 2 is 1.75 bits per heavy atom. The Balaban J connectivity index is 1.89. The van der Waals surface area contributed by atoms with Gasteiger partial charge in [0.05, 0.1) is 5.69 Å². The van der Waals surface area contributed by atoms with Gasteiger partial charge in [-0.15, -0.1) is 0 Å². The van der Waals surface area contributed by atoms with Crippen LogP contribution in [-0.2, 0) is 9.59 Å². The van der Waals surface area contributed by atoms with Gasteiger partial charge >= 0.3 is 11.8 Å². The van der Waals surface area contributed by atoms with Crippen molar-refractivity contribution in [1.29, 1.82) is 0 Å². The fourth-order valence-electron chi connectivity index (χ4n) is 1.99. The van der Waals surface area contributed by atoms with Crippen molar-refractivity contribution in [3.8, 4) is 0 Å². The number of amides is 2. The molecule has 1 fully saturated rings. The largest absolute Gasteiger partial charge is 0.329 e. The molecule has 0 bridgehead atoms. The third-order valence-electron chi connectivity index (χ3n) is 3.07. The van der Waals surface area contributed by atoms with Crippen LogP contribution in [0.25, 0.3) is 0 Å². The van der Waals surface area contributed by atoms with Gasteiger partial charge < -0.3 is 5.32 Å². The summed E-state index contributed by atoms with van der Waals surface area (Å²) in [6.45, 7) is 0. The second-order valence-electron chi connectivity index (χ2n) is 4.61. The lowest BCUT2D eigenvalue weighted by molar-refractivity contribution is -0.136. The first-order chi connectivity index (χ1) is 9.66. The van der Waals surface area contributed by atoms with E-state index in [1.54, 1.807) is 6.07 Å². The standard InChI is InChI=1S/C14H16FN3O2/c15-11-8-4-5-9-12(11)16-13(19)14(20)18-17-10-6-2-1-3-7-10/h4-5,8-9H,1-3,6-7H2,(H,16,19)(H,18,20). The van der Waals surface area contributed by atoms with E-state index in [1.807, 2.05) is 0 Å². The zero-order valence-corrected chi connectivity index (χ0v) is 11.0. The summed E-state index contributed by atoms with van der Waals surface area (Å²) in [7, 11) is 0. The van der Waals surface area contributed by atoms with Crippen LogP contribution in [0.2, 0.25) is 0 Å². The molecule has 0 atom stereocenters. The highest BCUT2D eigenvalue weighted by atomic mass is 19.1. The number of hydrogen-bond acceptors (Lipinski definition) is 3. The van der Waals surface area contributed by atoms with Crippen molar-refractivity contribution in [3.05, 3.63) is 30.1 Å². The summed E-state index contributed by atoms with van der Waals surface area (Å²) in [5.74, 6) is -2.42. The number of anilines is 1. The van der Waals surface area contributed by atoms with E-state index in [2.05, 4.69) is 15.8 Å². The molecule has 2 amide bonds. The summed E-state index contributed by atoms with van der Waals surface area (Å²) in [6.07, 6.45) is 4.96. The predicted octanol–water partition coefficient (Wildman–Crippen LogP) is 2.20. The van der Waals surface area contributed by atoms with E-state index in [9.17, 15) is 14.0 Å². The van der Waals surface area contributed by atoms with Crippen LogP contribution in [0.4, 0.5) is 10.1 Å². The Hall–Kier alpha value is -2.24. The smallest absolute Gasteiger partial charge is 0.315 e. The van der Waals surface area contributed by atoms with E-state index in [0.717, 1.165) is 31.4 Å². The molecule has 0 spiro atoms. The van der Waals surface area contributed by atoms with Crippen molar-refractivity contribution < 1.29 is 14.0 Å². The van der Waals surface area contributed by atoms with Gasteiger partial charge in [-0.2, -0.15) is 5.10 Å². The number of carbonyl (C=O) groups is 2. The Labute approximate surface area is 116 Å². The fraction of sp³-hybridized carbons (Fsp3) is 0.357. The van der Waals surface area contributed by atoms with Gasteiger partial charge in [-0.05, 0) is 37.8 Å². The molecule has 0 heterocycles. The molecule has 0 saturated heterocycles. The Morgan fingerprint density at radius 1 is 1.05 bits per heavy atom. The monoisotopic (exact) mass is 277 g/mol. The van der Waals surface area contributed by atoms with Gasteiger partial charge in [0.25, 0.3) is 0 Å². The molecule has 20 heavy (non-hydrogen) atoms. The maximum atomic E-state index is 13.3. The van der Waals surface area contributed by atoms with Gasteiger partial charge in [0.1, 0.15) is 5.82 Å². The molecule has 1 aliphatic rings. The lowest BCUT2D eigenvalue weighted by atomic mass is 9.99. The lowest BCUT2D eigenvalue weighted by Crippen LogP contribution is -2.33. The summed E-state index contributed by atoms with van der Waals surface area (Å²) in [5, 5.41) is 6.13. The molecule has 0 radical (unpaired) electrons. The SMILES string of the molecule is O=C(NN=C1CCCCC1)C(=O)Nc1ccccc1F. The molecule has 6 heteroatoms. The number of rotatable bonds is 2. The van der Waals surface area contributed by atoms with Gasteiger partial charge in [0.15, 0.2) is 0 Å². The van der Waals surface area contributed by atoms with E-state index < -0.39 is 17.6 Å². The number of halogens is 1. The average Bonchev–Trinajstić information content (AvgIpc) is 2.48. The predicted molar refractivity (Wildman–Crippen MR) is 73.7 cm³/mol. The molecule has 1 aromatic rings. The van der Waals surface area contributed by atoms with E-state index in [1.165, 1.54) is 24.6 Å². The van der Waals surface area contributed by atoms with Crippen molar-refractivity contribution in [2.24, 2.45) is 5.10 Å². The second kappa shape index (κ2) is 6.79. The summed E-state index contributed by atoms with van der Waals surface area (Å²) >= 11 is 0. The molecular weight excluding hydrogens is 261 g/mol. The first-order valence-electron chi connectivity index (χ1n) is 6.58.